The molecule has 0 aliphatic carbocycles. The Balaban J connectivity index is 2.00. The first-order chi connectivity index (χ1) is 18.0. The lowest BCUT2D eigenvalue weighted by Gasteiger charge is -2.19. The second-order valence-corrected chi connectivity index (χ2v) is 9.37. The second kappa shape index (κ2) is 11.8. The number of carbonyl (C=O) groups excluding carboxylic acids is 1. The van der Waals surface area contributed by atoms with Gasteiger partial charge in [0.05, 0.1) is 31.2 Å². The summed E-state index contributed by atoms with van der Waals surface area (Å²) in [6.07, 6.45) is -10.3. The number of benzene rings is 3. The van der Waals surface area contributed by atoms with Gasteiger partial charge in [-0.15, -0.1) is 0 Å². The second-order valence-electron chi connectivity index (χ2n) is 7.77. The van der Waals surface area contributed by atoms with E-state index in [0.29, 0.717) is 12.1 Å². The number of hydrogen-bond acceptors (Lipinski definition) is 2. The van der Waals surface area contributed by atoms with Crippen LogP contribution in [0.1, 0.15) is 33.0 Å². The molecule has 0 aromatic heterocycles. The van der Waals surface area contributed by atoms with Gasteiger partial charge in [0, 0.05) is 5.56 Å². The number of amides is 1. The van der Waals surface area contributed by atoms with Crippen molar-refractivity contribution in [2.24, 2.45) is 0 Å². The van der Waals surface area contributed by atoms with Gasteiger partial charge in [-0.3, -0.25) is 15.6 Å². The van der Waals surface area contributed by atoms with E-state index in [1.807, 2.05) is 5.43 Å². The number of allylic oxidation sites excluding steroid dienone is 1. The summed E-state index contributed by atoms with van der Waals surface area (Å²) in [6, 6.07) is 6.41. The zero-order valence-corrected chi connectivity index (χ0v) is 21.7. The molecule has 1 unspecified atom stereocenters. The number of para-hydroxylation sites is 1. The minimum atomic E-state index is -5.24. The van der Waals surface area contributed by atoms with E-state index in [0.717, 1.165) is 18.2 Å². The van der Waals surface area contributed by atoms with Gasteiger partial charge in [-0.05, 0) is 48.0 Å². The molecule has 3 rings (SSSR count). The first-order valence-corrected chi connectivity index (χ1v) is 11.8. The molecule has 0 saturated heterocycles. The van der Waals surface area contributed by atoms with Gasteiger partial charge in [0.25, 0.3) is 5.91 Å². The van der Waals surface area contributed by atoms with E-state index in [9.17, 15) is 39.9 Å². The van der Waals surface area contributed by atoms with Crippen molar-refractivity contribution < 1.29 is 39.9 Å². The number of hydrazine groups is 1. The Morgan fingerprint density at radius 3 is 2.03 bits per heavy atom. The molecule has 0 radical (unpaired) electrons. The fourth-order valence-electron chi connectivity index (χ4n) is 3.31. The van der Waals surface area contributed by atoms with Gasteiger partial charge in [-0.2, -0.15) is 26.3 Å². The summed E-state index contributed by atoms with van der Waals surface area (Å²) >= 11 is 23.1. The van der Waals surface area contributed by atoms with Gasteiger partial charge in [0.1, 0.15) is 23.2 Å². The SMILES string of the molecule is O=C(NNc1c(F)cccc1Cl)c1ccc(C(F)=CC(c2cc(Cl)c(Cl)c(Cl)c2)C(F)(F)F)cc1C(F)(F)F. The Kier molecular flexibility index (Phi) is 9.31. The third kappa shape index (κ3) is 7.27. The van der Waals surface area contributed by atoms with E-state index in [2.05, 4.69) is 5.43 Å². The van der Waals surface area contributed by atoms with Crippen LogP contribution in [0.3, 0.4) is 0 Å². The van der Waals surface area contributed by atoms with Crippen LogP contribution in [0.15, 0.2) is 54.6 Å². The summed E-state index contributed by atoms with van der Waals surface area (Å²) in [4.78, 5) is 12.4. The third-order valence-corrected chi connectivity index (χ3v) is 6.65. The summed E-state index contributed by atoms with van der Waals surface area (Å²) in [7, 11) is 0. The quantitative estimate of drug-likeness (QED) is 0.160. The van der Waals surface area contributed by atoms with Gasteiger partial charge in [0.2, 0.25) is 0 Å². The molecular weight excluding hydrogens is 626 g/mol. The van der Waals surface area contributed by atoms with Crippen molar-refractivity contribution in [3.05, 3.63) is 103 Å². The predicted octanol–water partition coefficient (Wildman–Crippen LogP) is 9.87. The minimum absolute atomic E-state index is 0.0346. The van der Waals surface area contributed by atoms with Gasteiger partial charge < -0.3 is 0 Å². The number of rotatable bonds is 6. The smallest absolute Gasteiger partial charge is 0.294 e. The van der Waals surface area contributed by atoms with Crippen LogP contribution in [-0.4, -0.2) is 12.1 Å². The fraction of sp³-hybridized carbons (Fsp3) is 0.125. The van der Waals surface area contributed by atoms with Gasteiger partial charge in [-0.1, -0.05) is 58.5 Å². The molecule has 2 N–H and O–H groups in total. The van der Waals surface area contributed by atoms with Crippen LogP contribution >= 0.6 is 46.4 Å². The van der Waals surface area contributed by atoms with Gasteiger partial charge in [-0.25, -0.2) is 8.78 Å². The molecule has 1 amide bonds. The van der Waals surface area contributed by atoms with Crippen molar-refractivity contribution in [2.45, 2.75) is 18.3 Å². The lowest BCUT2D eigenvalue weighted by molar-refractivity contribution is -0.140. The number of carbonyl (C=O) groups is 1. The molecule has 39 heavy (non-hydrogen) atoms. The summed E-state index contributed by atoms with van der Waals surface area (Å²) in [5.74, 6) is -6.70. The van der Waals surface area contributed by atoms with Crippen LogP contribution in [0.25, 0.3) is 5.83 Å². The molecule has 0 spiro atoms. The molecule has 0 saturated carbocycles. The molecule has 0 bridgehead atoms. The molecule has 3 aromatic rings. The Morgan fingerprint density at radius 2 is 1.49 bits per heavy atom. The van der Waals surface area contributed by atoms with Crippen LogP contribution in [0.2, 0.25) is 20.1 Å². The highest BCUT2D eigenvalue weighted by Gasteiger charge is 2.41. The minimum Gasteiger partial charge on any atom is -0.294 e. The zero-order chi connectivity index (χ0) is 29.3. The molecule has 3 aromatic carbocycles. The summed E-state index contributed by atoms with van der Waals surface area (Å²) in [5, 5.41) is -1.16. The van der Waals surface area contributed by atoms with Crippen molar-refractivity contribution in [1.82, 2.24) is 5.43 Å². The van der Waals surface area contributed by atoms with E-state index in [1.165, 1.54) is 12.1 Å². The Bertz CT molecular complexity index is 1400. The number of hydrogen-bond donors (Lipinski definition) is 2. The molecule has 1 atom stereocenters. The molecule has 0 aliphatic heterocycles. The van der Waals surface area contributed by atoms with Gasteiger partial charge >= 0.3 is 12.4 Å². The van der Waals surface area contributed by atoms with Crippen LogP contribution < -0.4 is 10.9 Å². The monoisotopic (exact) mass is 636 g/mol. The van der Waals surface area contributed by atoms with Crippen molar-refractivity contribution in [3.63, 3.8) is 0 Å². The fourth-order valence-corrected chi connectivity index (χ4v) is 4.13. The van der Waals surface area contributed by atoms with Crippen LogP contribution in [0.4, 0.5) is 40.8 Å². The average Bonchev–Trinajstić information content (AvgIpc) is 2.83. The topological polar surface area (TPSA) is 41.1 Å². The van der Waals surface area contributed by atoms with E-state index in [-0.39, 0.29) is 32.2 Å². The normalized spacial score (nSPS) is 13.3. The molecule has 15 heteroatoms. The molecular formula is C24H12Cl4F8N2O. The first-order valence-electron chi connectivity index (χ1n) is 10.3. The number of nitrogens with one attached hydrogen (secondary N) is 2. The Morgan fingerprint density at radius 1 is 0.872 bits per heavy atom. The standard InChI is InChI=1S/C24H12Cl4F8N2O/c25-15-2-1-3-18(29)21(15)37-38-22(39)12-5-4-10(6-14(12)24(34,35)36)19(30)9-13(23(31,32)33)11-7-16(26)20(28)17(27)8-11/h1-9,13,37H,(H,38,39). The van der Waals surface area contributed by atoms with Crippen molar-refractivity contribution in [1.29, 1.82) is 0 Å². The first kappa shape index (κ1) is 30.8. The van der Waals surface area contributed by atoms with Crippen molar-refractivity contribution in [2.75, 3.05) is 5.43 Å². The van der Waals surface area contributed by atoms with E-state index in [4.69, 9.17) is 46.4 Å². The maximum Gasteiger partial charge on any atom is 0.417 e. The van der Waals surface area contributed by atoms with E-state index < -0.39 is 63.8 Å². The molecule has 0 heterocycles. The van der Waals surface area contributed by atoms with E-state index in [1.54, 1.807) is 0 Å². The Labute approximate surface area is 235 Å². The van der Waals surface area contributed by atoms with Crippen molar-refractivity contribution in [3.8, 4) is 0 Å². The van der Waals surface area contributed by atoms with Crippen molar-refractivity contribution >= 4 is 63.8 Å². The largest absolute Gasteiger partial charge is 0.417 e. The highest BCUT2D eigenvalue weighted by atomic mass is 35.5. The number of halogens is 12. The molecule has 208 valence electrons. The summed E-state index contributed by atoms with van der Waals surface area (Å²) in [6.45, 7) is 0. The van der Waals surface area contributed by atoms with Crippen LogP contribution in [-0.2, 0) is 6.18 Å². The van der Waals surface area contributed by atoms with Crippen LogP contribution in [0, 0.1) is 5.82 Å². The molecule has 0 fully saturated rings. The maximum atomic E-state index is 15.0. The van der Waals surface area contributed by atoms with Gasteiger partial charge in [0.15, 0.2) is 0 Å². The maximum absolute atomic E-state index is 15.0. The lowest BCUT2D eigenvalue weighted by Crippen LogP contribution is -2.31. The lowest BCUT2D eigenvalue weighted by atomic mass is 9.95. The van der Waals surface area contributed by atoms with Crippen LogP contribution in [0.5, 0.6) is 0 Å². The highest BCUT2D eigenvalue weighted by Crippen LogP contribution is 2.43. The average molecular weight is 638 g/mol. The Hall–Kier alpha value is -2.73. The highest BCUT2D eigenvalue weighted by molar-refractivity contribution is 6.48. The van der Waals surface area contributed by atoms with E-state index >= 15 is 0 Å². The molecule has 0 aliphatic rings. The molecule has 3 nitrogen and oxygen atoms in total. The third-order valence-electron chi connectivity index (χ3n) is 5.14. The predicted molar refractivity (Wildman–Crippen MR) is 133 cm³/mol. The number of anilines is 1. The zero-order valence-electron chi connectivity index (χ0n) is 18.7. The summed E-state index contributed by atoms with van der Waals surface area (Å²) in [5.41, 5.74) is -0.795. The number of alkyl halides is 6. The summed E-state index contributed by atoms with van der Waals surface area (Å²) < 4.78 is 111.